The fourth-order valence-corrected chi connectivity index (χ4v) is 5.74. The zero-order chi connectivity index (χ0) is 22.3. The Morgan fingerprint density at radius 1 is 1.00 bits per heavy atom. The van der Waals surface area contributed by atoms with Crippen LogP contribution in [-0.2, 0) is 0 Å². The second kappa shape index (κ2) is 8.39. The topological polar surface area (TPSA) is 0 Å². The van der Waals surface area contributed by atoms with Crippen LogP contribution in [0.15, 0.2) is 43.0 Å². The summed E-state index contributed by atoms with van der Waals surface area (Å²) >= 11 is 0. The summed E-state index contributed by atoms with van der Waals surface area (Å²) in [5, 5.41) is 0. The Bertz CT molecular complexity index is 1140. The Kier molecular flexibility index (Phi) is 5.81. The fourth-order valence-electron chi connectivity index (χ4n) is 5.74. The normalized spacial score (nSPS) is 18.3. The van der Waals surface area contributed by atoms with E-state index in [1.165, 1.54) is 82.2 Å². The molecule has 0 nitrogen and oxygen atoms in total. The summed E-state index contributed by atoms with van der Waals surface area (Å²) in [4.78, 5) is 0. The number of hydrogen-bond acceptors (Lipinski definition) is 0. The molecule has 1 atom stereocenters. The second-order valence-electron chi connectivity index (χ2n) is 9.53. The van der Waals surface area contributed by atoms with Crippen LogP contribution in [0.3, 0.4) is 0 Å². The molecule has 1 saturated carbocycles. The highest BCUT2D eigenvalue weighted by Gasteiger charge is 2.27. The highest BCUT2D eigenvalue weighted by atomic mass is 14.3. The van der Waals surface area contributed by atoms with Gasteiger partial charge in [-0.05, 0) is 113 Å². The van der Waals surface area contributed by atoms with Crippen LogP contribution in [0, 0.1) is 39.0 Å². The highest BCUT2D eigenvalue weighted by Crippen LogP contribution is 2.46. The van der Waals surface area contributed by atoms with Crippen LogP contribution < -0.4 is 0 Å². The molecule has 2 aromatic rings. The molecule has 1 unspecified atom stereocenters. The molecule has 0 heterocycles. The molecule has 4 rings (SSSR count). The van der Waals surface area contributed by atoms with E-state index in [2.05, 4.69) is 77.1 Å². The van der Waals surface area contributed by atoms with E-state index in [9.17, 15) is 0 Å². The molecule has 0 aliphatic heterocycles. The summed E-state index contributed by atoms with van der Waals surface area (Å²) in [5.41, 5.74) is 13.8. The van der Waals surface area contributed by atoms with Gasteiger partial charge in [0.25, 0.3) is 0 Å². The maximum atomic E-state index is 5.70. The van der Waals surface area contributed by atoms with Gasteiger partial charge < -0.3 is 0 Å². The molecule has 0 N–H and O–H groups in total. The summed E-state index contributed by atoms with van der Waals surface area (Å²) in [5.74, 6) is 3.72. The molecule has 0 aromatic heterocycles. The largest absolute Gasteiger partial charge is 0.115 e. The quantitative estimate of drug-likeness (QED) is 0.447. The first-order valence-electron chi connectivity index (χ1n) is 11.6. The van der Waals surface area contributed by atoms with Crippen LogP contribution >= 0.6 is 0 Å². The van der Waals surface area contributed by atoms with Gasteiger partial charge in [-0.15, -0.1) is 6.42 Å². The number of benzene rings is 2. The fraction of sp³-hybridized carbons (Fsp3) is 0.355. The molecule has 0 radical (unpaired) electrons. The van der Waals surface area contributed by atoms with Crippen molar-refractivity contribution >= 4 is 17.2 Å². The first kappa shape index (κ1) is 21.5. The number of aryl methyl sites for hydroxylation is 2. The molecule has 0 spiro atoms. The molecule has 0 heteroatoms. The van der Waals surface area contributed by atoms with Crippen molar-refractivity contribution in [2.45, 2.75) is 65.7 Å². The highest BCUT2D eigenvalue weighted by molar-refractivity contribution is 5.92. The van der Waals surface area contributed by atoms with Crippen molar-refractivity contribution in [3.05, 3.63) is 87.5 Å². The summed E-state index contributed by atoms with van der Waals surface area (Å²) in [6.45, 7) is 18.0. The Balaban J connectivity index is 1.72. The molecular weight excluding hydrogens is 372 g/mol. The van der Waals surface area contributed by atoms with Gasteiger partial charge >= 0.3 is 0 Å². The van der Waals surface area contributed by atoms with Crippen molar-refractivity contribution in [2.75, 3.05) is 0 Å². The van der Waals surface area contributed by atoms with Gasteiger partial charge in [0.1, 0.15) is 0 Å². The van der Waals surface area contributed by atoms with E-state index in [4.69, 9.17) is 6.42 Å². The van der Waals surface area contributed by atoms with E-state index in [1.807, 2.05) is 0 Å². The first-order chi connectivity index (χ1) is 14.8. The average Bonchev–Trinajstić information content (AvgIpc) is 3.11. The van der Waals surface area contributed by atoms with Crippen molar-refractivity contribution in [3.63, 3.8) is 0 Å². The van der Waals surface area contributed by atoms with Crippen LogP contribution in [0.2, 0.25) is 0 Å². The predicted octanol–water partition coefficient (Wildman–Crippen LogP) is 8.40. The van der Waals surface area contributed by atoms with Gasteiger partial charge in [-0.2, -0.15) is 0 Å². The number of allylic oxidation sites excluding steroid dienone is 3. The smallest absolute Gasteiger partial charge is 0.0248 e. The third-order valence-corrected chi connectivity index (χ3v) is 7.59. The number of terminal acetylenes is 1. The minimum atomic E-state index is 0.290. The molecule has 0 amide bonds. The summed E-state index contributed by atoms with van der Waals surface area (Å²) in [7, 11) is 0. The maximum absolute atomic E-state index is 5.70. The molecule has 31 heavy (non-hydrogen) atoms. The SMILES string of the molecule is C#Cc1cc(C)c2c(c1)C(C)C(C(=C)c1c(C)ccc(C(=C)C3CCCCC3)c1C)=C2. The van der Waals surface area contributed by atoms with E-state index >= 15 is 0 Å². The lowest BCUT2D eigenvalue weighted by atomic mass is 9.78. The van der Waals surface area contributed by atoms with Gasteiger partial charge in [-0.3, -0.25) is 0 Å². The molecule has 0 saturated heterocycles. The standard InChI is InChI=1S/C31H34/c1-8-25-16-20(3)28-18-29(22(5)30(28)17-25)24(7)31-19(2)14-15-27(23(31)6)21(4)26-12-10-9-11-13-26/h1,14-18,22,26H,4,7,9-13H2,2-3,5-6H3. The number of rotatable bonds is 4. The molecule has 158 valence electrons. The van der Waals surface area contributed by atoms with E-state index in [-0.39, 0.29) is 0 Å². The molecule has 0 bridgehead atoms. The van der Waals surface area contributed by atoms with Crippen LogP contribution in [0.4, 0.5) is 0 Å². The summed E-state index contributed by atoms with van der Waals surface area (Å²) in [6.07, 6.45) is 14.6. The lowest BCUT2D eigenvalue weighted by Gasteiger charge is -2.27. The van der Waals surface area contributed by atoms with Crippen molar-refractivity contribution in [1.29, 1.82) is 0 Å². The monoisotopic (exact) mass is 406 g/mol. The number of fused-ring (bicyclic) bond motifs is 1. The Labute approximate surface area is 188 Å². The molecular formula is C31H34. The van der Waals surface area contributed by atoms with Crippen molar-refractivity contribution in [1.82, 2.24) is 0 Å². The van der Waals surface area contributed by atoms with E-state index in [0.717, 1.165) is 11.1 Å². The van der Waals surface area contributed by atoms with E-state index in [0.29, 0.717) is 11.8 Å². The zero-order valence-electron chi connectivity index (χ0n) is 19.6. The third-order valence-electron chi connectivity index (χ3n) is 7.59. The second-order valence-corrected chi connectivity index (χ2v) is 9.53. The van der Waals surface area contributed by atoms with E-state index in [1.54, 1.807) is 0 Å². The lowest BCUT2D eigenvalue weighted by molar-refractivity contribution is 0.430. The molecule has 2 aliphatic carbocycles. The summed E-state index contributed by atoms with van der Waals surface area (Å²) < 4.78 is 0. The lowest BCUT2D eigenvalue weighted by Crippen LogP contribution is -2.10. The van der Waals surface area contributed by atoms with Crippen molar-refractivity contribution in [3.8, 4) is 12.3 Å². The zero-order valence-corrected chi connectivity index (χ0v) is 19.6. The molecule has 2 aliphatic rings. The van der Waals surface area contributed by atoms with Crippen LogP contribution in [-0.4, -0.2) is 0 Å². The van der Waals surface area contributed by atoms with Gasteiger partial charge in [0.2, 0.25) is 0 Å². The minimum absolute atomic E-state index is 0.290. The summed E-state index contributed by atoms with van der Waals surface area (Å²) in [6, 6.07) is 8.82. The van der Waals surface area contributed by atoms with Crippen molar-refractivity contribution in [2.24, 2.45) is 5.92 Å². The molecule has 1 fully saturated rings. The third kappa shape index (κ3) is 3.72. The van der Waals surface area contributed by atoms with Gasteiger partial charge in [0.15, 0.2) is 0 Å². The van der Waals surface area contributed by atoms with Crippen LogP contribution in [0.5, 0.6) is 0 Å². The van der Waals surface area contributed by atoms with Gasteiger partial charge in [0, 0.05) is 11.5 Å². The maximum Gasteiger partial charge on any atom is 0.0248 e. The van der Waals surface area contributed by atoms with E-state index < -0.39 is 0 Å². The Morgan fingerprint density at radius 2 is 1.71 bits per heavy atom. The average molecular weight is 407 g/mol. The first-order valence-corrected chi connectivity index (χ1v) is 11.6. The Morgan fingerprint density at radius 3 is 2.39 bits per heavy atom. The number of hydrogen-bond donors (Lipinski definition) is 0. The van der Waals surface area contributed by atoms with Gasteiger partial charge in [-0.25, -0.2) is 0 Å². The van der Waals surface area contributed by atoms with Gasteiger partial charge in [0.05, 0.1) is 0 Å². The predicted molar refractivity (Wildman–Crippen MR) is 136 cm³/mol. The van der Waals surface area contributed by atoms with Crippen LogP contribution in [0.1, 0.15) is 89.5 Å². The van der Waals surface area contributed by atoms with Crippen LogP contribution in [0.25, 0.3) is 17.2 Å². The molecule has 2 aromatic carbocycles. The minimum Gasteiger partial charge on any atom is -0.115 e. The Hall–Kier alpha value is -2.78. The van der Waals surface area contributed by atoms with Gasteiger partial charge in [-0.1, -0.05) is 57.4 Å². The van der Waals surface area contributed by atoms with Crippen molar-refractivity contribution < 1.29 is 0 Å².